The molecule has 1 saturated heterocycles. The normalized spacial score (nSPS) is 28.8. The van der Waals surface area contributed by atoms with Crippen molar-refractivity contribution in [1.82, 2.24) is 4.90 Å². The van der Waals surface area contributed by atoms with Crippen LogP contribution >= 0.6 is 0 Å². The number of hydrogen-bond acceptors (Lipinski definition) is 2. The van der Waals surface area contributed by atoms with Crippen molar-refractivity contribution >= 4 is 5.91 Å². The molecule has 4 heteroatoms. The molecular weight excluding hydrogens is 279 g/mol. The van der Waals surface area contributed by atoms with Crippen LogP contribution in [0.1, 0.15) is 44.1 Å². The van der Waals surface area contributed by atoms with Gasteiger partial charge >= 0.3 is 0 Å². The molecular formula is C18H25FN2O. The average molecular weight is 304 g/mol. The zero-order valence-corrected chi connectivity index (χ0v) is 13.0. The maximum atomic E-state index is 13.3. The Morgan fingerprint density at radius 2 is 2.14 bits per heavy atom. The summed E-state index contributed by atoms with van der Waals surface area (Å²) >= 11 is 0. The minimum Gasteiger partial charge on any atom is -0.339 e. The summed E-state index contributed by atoms with van der Waals surface area (Å²) in [7, 11) is 0. The van der Waals surface area contributed by atoms with Crippen molar-refractivity contribution in [1.29, 1.82) is 0 Å². The Labute approximate surface area is 131 Å². The molecule has 3 nitrogen and oxygen atoms in total. The molecule has 1 saturated carbocycles. The van der Waals surface area contributed by atoms with Crippen LogP contribution in [-0.2, 0) is 11.2 Å². The standard InChI is InChI=1S/C18H25FN2O/c19-15-6-1-4-13(10-15)11-17-8-3-9-21(17)18(22)14-5-2-7-16(20)12-14/h1,4,6,10,14,16-17H,2-3,5,7-9,11-12,20H2/t14-,16-,17-/m1/s1. The van der Waals surface area contributed by atoms with Crippen molar-refractivity contribution in [2.24, 2.45) is 11.7 Å². The van der Waals surface area contributed by atoms with Gasteiger partial charge < -0.3 is 10.6 Å². The van der Waals surface area contributed by atoms with Gasteiger partial charge in [-0.3, -0.25) is 4.79 Å². The number of likely N-dealkylation sites (tertiary alicyclic amines) is 1. The number of carbonyl (C=O) groups is 1. The smallest absolute Gasteiger partial charge is 0.225 e. The zero-order valence-electron chi connectivity index (χ0n) is 13.0. The molecule has 1 heterocycles. The third-order valence-corrected chi connectivity index (χ3v) is 5.08. The number of amides is 1. The van der Waals surface area contributed by atoms with Crippen molar-refractivity contribution in [2.75, 3.05) is 6.54 Å². The molecule has 0 unspecified atom stereocenters. The first kappa shape index (κ1) is 15.5. The van der Waals surface area contributed by atoms with Gasteiger partial charge in [0.05, 0.1) is 0 Å². The van der Waals surface area contributed by atoms with Crippen molar-refractivity contribution in [3.63, 3.8) is 0 Å². The van der Waals surface area contributed by atoms with E-state index in [0.717, 1.165) is 57.1 Å². The molecule has 0 spiro atoms. The Hall–Kier alpha value is -1.42. The van der Waals surface area contributed by atoms with E-state index >= 15 is 0 Å². The molecule has 1 aromatic carbocycles. The second kappa shape index (κ2) is 6.78. The SMILES string of the molecule is N[C@@H]1CCC[C@@H](C(=O)N2CCC[C@@H]2Cc2cccc(F)c2)C1. The van der Waals surface area contributed by atoms with E-state index in [4.69, 9.17) is 5.73 Å². The van der Waals surface area contributed by atoms with Crippen LogP contribution < -0.4 is 5.73 Å². The molecule has 0 aromatic heterocycles. The van der Waals surface area contributed by atoms with Gasteiger partial charge in [0.1, 0.15) is 5.82 Å². The number of halogens is 1. The minimum absolute atomic E-state index is 0.0943. The first-order chi connectivity index (χ1) is 10.6. The van der Waals surface area contributed by atoms with Gasteiger partial charge in [0, 0.05) is 24.5 Å². The fourth-order valence-electron chi connectivity index (χ4n) is 3.96. The lowest BCUT2D eigenvalue weighted by molar-refractivity contribution is -0.137. The van der Waals surface area contributed by atoms with E-state index in [9.17, 15) is 9.18 Å². The molecule has 1 amide bonds. The predicted molar refractivity (Wildman–Crippen MR) is 84.8 cm³/mol. The minimum atomic E-state index is -0.202. The summed E-state index contributed by atoms with van der Waals surface area (Å²) in [6, 6.07) is 7.12. The fraction of sp³-hybridized carbons (Fsp3) is 0.611. The number of hydrogen-bond donors (Lipinski definition) is 1. The predicted octanol–water partition coefficient (Wildman–Crippen LogP) is 2.88. The fourth-order valence-corrected chi connectivity index (χ4v) is 3.96. The number of benzene rings is 1. The van der Waals surface area contributed by atoms with Gasteiger partial charge in [0.15, 0.2) is 0 Å². The lowest BCUT2D eigenvalue weighted by Crippen LogP contribution is -2.43. The van der Waals surface area contributed by atoms with Gasteiger partial charge in [-0.1, -0.05) is 18.6 Å². The highest BCUT2D eigenvalue weighted by Crippen LogP contribution is 2.29. The van der Waals surface area contributed by atoms with Crippen LogP contribution in [0.5, 0.6) is 0 Å². The summed E-state index contributed by atoms with van der Waals surface area (Å²) in [5, 5.41) is 0. The molecule has 22 heavy (non-hydrogen) atoms. The van der Waals surface area contributed by atoms with Crippen LogP contribution in [0, 0.1) is 11.7 Å². The molecule has 3 rings (SSSR count). The van der Waals surface area contributed by atoms with Crippen molar-refractivity contribution in [3.05, 3.63) is 35.6 Å². The first-order valence-corrected chi connectivity index (χ1v) is 8.44. The molecule has 2 fully saturated rings. The summed E-state index contributed by atoms with van der Waals surface area (Å²) in [6.07, 6.45) is 6.70. The monoisotopic (exact) mass is 304 g/mol. The Morgan fingerprint density at radius 3 is 2.91 bits per heavy atom. The second-order valence-corrected chi connectivity index (χ2v) is 6.79. The van der Waals surface area contributed by atoms with Crippen LogP contribution in [0.25, 0.3) is 0 Å². The molecule has 1 aromatic rings. The van der Waals surface area contributed by atoms with Gasteiger partial charge in [0.25, 0.3) is 0 Å². The van der Waals surface area contributed by atoms with Crippen LogP contribution in [0.2, 0.25) is 0 Å². The van der Waals surface area contributed by atoms with Gasteiger partial charge in [-0.05, 0) is 56.2 Å². The summed E-state index contributed by atoms with van der Waals surface area (Å²) < 4.78 is 13.3. The lowest BCUT2D eigenvalue weighted by Gasteiger charge is -2.32. The van der Waals surface area contributed by atoms with Crippen molar-refractivity contribution < 1.29 is 9.18 Å². The molecule has 3 atom stereocenters. The molecule has 1 aliphatic carbocycles. The Bertz CT molecular complexity index is 534. The van der Waals surface area contributed by atoms with E-state index in [0.29, 0.717) is 0 Å². The molecule has 0 bridgehead atoms. The van der Waals surface area contributed by atoms with E-state index < -0.39 is 0 Å². The summed E-state index contributed by atoms with van der Waals surface area (Å²) in [4.78, 5) is 14.8. The third-order valence-electron chi connectivity index (χ3n) is 5.08. The highest BCUT2D eigenvalue weighted by atomic mass is 19.1. The highest BCUT2D eigenvalue weighted by molar-refractivity contribution is 5.79. The van der Waals surface area contributed by atoms with E-state index in [2.05, 4.69) is 0 Å². The Kier molecular flexibility index (Phi) is 4.77. The maximum absolute atomic E-state index is 13.3. The van der Waals surface area contributed by atoms with Gasteiger partial charge in [-0.15, -0.1) is 0 Å². The van der Waals surface area contributed by atoms with Crippen molar-refractivity contribution in [2.45, 2.75) is 57.0 Å². The molecule has 1 aliphatic heterocycles. The van der Waals surface area contributed by atoms with Gasteiger partial charge in [0.2, 0.25) is 5.91 Å². The topological polar surface area (TPSA) is 46.3 Å². The van der Waals surface area contributed by atoms with Crippen LogP contribution in [0.3, 0.4) is 0 Å². The molecule has 0 radical (unpaired) electrons. The summed E-state index contributed by atoms with van der Waals surface area (Å²) in [5.74, 6) is 0.164. The Morgan fingerprint density at radius 1 is 1.27 bits per heavy atom. The third kappa shape index (κ3) is 3.49. The van der Waals surface area contributed by atoms with E-state index in [1.807, 2.05) is 11.0 Å². The zero-order chi connectivity index (χ0) is 15.5. The maximum Gasteiger partial charge on any atom is 0.225 e. The van der Waals surface area contributed by atoms with E-state index in [-0.39, 0.29) is 29.7 Å². The first-order valence-electron chi connectivity index (χ1n) is 8.44. The number of rotatable bonds is 3. The van der Waals surface area contributed by atoms with E-state index in [1.165, 1.54) is 6.07 Å². The van der Waals surface area contributed by atoms with Crippen LogP contribution in [0.15, 0.2) is 24.3 Å². The Balaban J connectivity index is 1.66. The van der Waals surface area contributed by atoms with E-state index in [1.54, 1.807) is 12.1 Å². The summed E-state index contributed by atoms with van der Waals surface area (Å²) in [5.41, 5.74) is 7.00. The van der Waals surface area contributed by atoms with Crippen LogP contribution in [0.4, 0.5) is 4.39 Å². The molecule has 2 aliphatic rings. The van der Waals surface area contributed by atoms with Crippen molar-refractivity contribution in [3.8, 4) is 0 Å². The second-order valence-electron chi connectivity index (χ2n) is 6.79. The quantitative estimate of drug-likeness (QED) is 0.933. The summed E-state index contributed by atoms with van der Waals surface area (Å²) in [6.45, 7) is 0.838. The van der Waals surface area contributed by atoms with Gasteiger partial charge in [-0.2, -0.15) is 0 Å². The number of nitrogens with zero attached hydrogens (tertiary/aromatic N) is 1. The number of nitrogens with two attached hydrogens (primary N) is 1. The molecule has 120 valence electrons. The van der Waals surface area contributed by atoms with Gasteiger partial charge in [-0.25, -0.2) is 4.39 Å². The highest BCUT2D eigenvalue weighted by Gasteiger charge is 2.34. The lowest BCUT2D eigenvalue weighted by atomic mass is 9.85. The van der Waals surface area contributed by atoms with Crippen LogP contribution in [-0.4, -0.2) is 29.4 Å². The molecule has 2 N–H and O–H groups in total. The number of carbonyl (C=O) groups excluding carboxylic acids is 1. The average Bonchev–Trinajstić information content (AvgIpc) is 2.94. The largest absolute Gasteiger partial charge is 0.339 e.